The minimum absolute atomic E-state index is 0.0542. The fraction of sp³-hybridized carbons (Fsp3) is 0.526. The lowest BCUT2D eigenvalue weighted by atomic mass is 10.1. The van der Waals surface area contributed by atoms with Crippen LogP contribution in [0.25, 0.3) is 10.9 Å². The lowest BCUT2D eigenvalue weighted by Crippen LogP contribution is -2.41. The molecule has 2 aromatic rings. The molecule has 0 radical (unpaired) electrons. The normalized spacial score (nSPS) is 24.1. The molecule has 0 saturated carbocycles. The Labute approximate surface area is 159 Å². The first-order chi connectivity index (χ1) is 12.9. The van der Waals surface area contributed by atoms with Gasteiger partial charge in [0.1, 0.15) is 12.2 Å². The SMILES string of the molecule is CCS(=O)(=O)NC1CO[C@H]2CN(c3cc(C)nc4ccccc34)C[C@@H]2OC1. The smallest absolute Gasteiger partial charge is 0.211 e. The summed E-state index contributed by atoms with van der Waals surface area (Å²) in [5.41, 5.74) is 3.10. The Kier molecular flexibility index (Phi) is 5.07. The predicted molar refractivity (Wildman–Crippen MR) is 105 cm³/mol. The van der Waals surface area contributed by atoms with Gasteiger partial charge < -0.3 is 14.4 Å². The summed E-state index contributed by atoms with van der Waals surface area (Å²) in [6, 6.07) is 9.90. The molecule has 2 atom stereocenters. The average Bonchev–Trinajstić information content (AvgIpc) is 2.97. The maximum atomic E-state index is 11.8. The molecule has 0 aliphatic carbocycles. The maximum absolute atomic E-state index is 11.8. The number of benzene rings is 1. The van der Waals surface area contributed by atoms with Crippen LogP contribution in [-0.2, 0) is 19.5 Å². The van der Waals surface area contributed by atoms with Gasteiger partial charge in [-0.25, -0.2) is 13.1 Å². The van der Waals surface area contributed by atoms with Gasteiger partial charge in [-0.15, -0.1) is 0 Å². The first-order valence-electron chi connectivity index (χ1n) is 9.29. The number of rotatable bonds is 4. The van der Waals surface area contributed by atoms with Gasteiger partial charge in [-0.2, -0.15) is 0 Å². The molecule has 146 valence electrons. The first kappa shape index (κ1) is 18.6. The van der Waals surface area contributed by atoms with E-state index < -0.39 is 10.0 Å². The summed E-state index contributed by atoms with van der Waals surface area (Å²) < 4.78 is 38.2. The van der Waals surface area contributed by atoms with Crippen molar-refractivity contribution in [2.24, 2.45) is 0 Å². The van der Waals surface area contributed by atoms with Crippen molar-refractivity contribution >= 4 is 26.6 Å². The van der Waals surface area contributed by atoms with Crippen molar-refractivity contribution in [3.05, 3.63) is 36.0 Å². The molecule has 2 saturated heterocycles. The van der Waals surface area contributed by atoms with Crippen LogP contribution < -0.4 is 9.62 Å². The standard InChI is InChI=1S/C19H25N3O4S/c1-3-27(23,24)21-14-11-25-18-9-22(10-19(18)26-12-14)17-8-13(2)20-16-7-5-4-6-15(16)17/h4-8,14,18-19,21H,3,9-12H2,1-2H3/t18-,19-/m0/s1. The highest BCUT2D eigenvalue weighted by molar-refractivity contribution is 7.89. The van der Waals surface area contributed by atoms with Crippen LogP contribution in [0.3, 0.4) is 0 Å². The predicted octanol–water partition coefficient (Wildman–Crippen LogP) is 1.46. The zero-order valence-electron chi connectivity index (χ0n) is 15.6. The van der Waals surface area contributed by atoms with Crippen molar-refractivity contribution in [1.82, 2.24) is 9.71 Å². The van der Waals surface area contributed by atoms with Crippen molar-refractivity contribution in [2.45, 2.75) is 32.1 Å². The highest BCUT2D eigenvalue weighted by Crippen LogP contribution is 2.31. The fourth-order valence-corrected chi connectivity index (χ4v) is 4.55. The minimum Gasteiger partial charge on any atom is -0.372 e. The Morgan fingerprint density at radius 1 is 1.19 bits per heavy atom. The van der Waals surface area contributed by atoms with E-state index in [1.165, 1.54) is 0 Å². The van der Waals surface area contributed by atoms with Crippen LogP contribution in [0, 0.1) is 6.92 Å². The molecule has 0 bridgehead atoms. The van der Waals surface area contributed by atoms with Gasteiger partial charge in [-0.3, -0.25) is 4.98 Å². The second-order valence-electron chi connectivity index (χ2n) is 7.17. The fourth-order valence-electron chi connectivity index (χ4n) is 3.74. The lowest BCUT2D eigenvalue weighted by Gasteiger charge is -2.22. The van der Waals surface area contributed by atoms with Crippen molar-refractivity contribution in [3.63, 3.8) is 0 Å². The molecule has 27 heavy (non-hydrogen) atoms. The van der Waals surface area contributed by atoms with Gasteiger partial charge in [0.05, 0.1) is 30.5 Å². The van der Waals surface area contributed by atoms with Gasteiger partial charge in [0, 0.05) is 29.9 Å². The summed E-state index contributed by atoms with van der Waals surface area (Å²) in [5, 5.41) is 1.12. The molecule has 3 heterocycles. The zero-order chi connectivity index (χ0) is 19.0. The van der Waals surface area contributed by atoms with E-state index in [1.807, 2.05) is 25.1 Å². The molecule has 2 aliphatic rings. The van der Waals surface area contributed by atoms with E-state index in [2.05, 4.69) is 26.7 Å². The summed E-state index contributed by atoms with van der Waals surface area (Å²) >= 11 is 0. The number of fused-ring (bicyclic) bond motifs is 2. The number of nitrogens with zero attached hydrogens (tertiary/aromatic N) is 2. The third kappa shape index (κ3) is 3.94. The van der Waals surface area contributed by atoms with Crippen molar-refractivity contribution in [2.75, 3.05) is 37.0 Å². The number of sulfonamides is 1. The van der Waals surface area contributed by atoms with Gasteiger partial charge >= 0.3 is 0 Å². The number of anilines is 1. The van der Waals surface area contributed by atoms with E-state index in [0.29, 0.717) is 26.3 Å². The van der Waals surface area contributed by atoms with E-state index in [4.69, 9.17) is 9.47 Å². The van der Waals surface area contributed by atoms with Crippen LogP contribution in [0.15, 0.2) is 30.3 Å². The maximum Gasteiger partial charge on any atom is 0.211 e. The van der Waals surface area contributed by atoms with E-state index in [9.17, 15) is 8.42 Å². The monoisotopic (exact) mass is 391 g/mol. The van der Waals surface area contributed by atoms with Crippen LogP contribution in [-0.4, -0.2) is 63.7 Å². The largest absolute Gasteiger partial charge is 0.372 e. The molecule has 1 aromatic carbocycles. The number of pyridine rings is 1. The van der Waals surface area contributed by atoms with E-state index >= 15 is 0 Å². The van der Waals surface area contributed by atoms with Gasteiger partial charge in [-0.1, -0.05) is 18.2 Å². The molecule has 7 nitrogen and oxygen atoms in total. The highest BCUT2D eigenvalue weighted by Gasteiger charge is 2.38. The number of nitrogens with one attached hydrogen (secondary N) is 1. The zero-order valence-corrected chi connectivity index (χ0v) is 16.4. The van der Waals surface area contributed by atoms with Crippen molar-refractivity contribution < 1.29 is 17.9 Å². The third-order valence-electron chi connectivity index (χ3n) is 5.13. The lowest BCUT2D eigenvalue weighted by molar-refractivity contribution is -0.00461. The third-order valence-corrected chi connectivity index (χ3v) is 6.58. The van der Waals surface area contributed by atoms with E-state index in [-0.39, 0.29) is 24.0 Å². The number of ether oxygens (including phenoxy) is 2. The van der Waals surface area contributed by atoms with Crippen LogP contribution >= 0.6 is 0 Å². The van der Waals surface area contributed by atoms with Crippen LogP contribution in [0.4, 0.5) is 5.69 Å². The highest BCUT2D eigenvalue weighted by atomic mass is 32.2. The molecule has 0 spiro atoms. The van der Waals surface area contributed by atoms with E-state index in [0.717, 1.165) is 22.3 Å². The molecule has 1 N–H and O–H groups in total. The number of hydrogen-bond donors (Lipinski definition) is 1. The second-order valence-corrected chi connectivity index (χ2v) is 9.21. The van der Waals surface area contributed by atoms with Gasteiger partial charge in [0.25, 0.3) is 0 Å². The van der Waals surface area contributed by atoms with Crippen molar-refractivity contribution in [3.8, 4) is 0 Å². The van der Waals surface area contributed by atoms with Gasteiger partial charge in [0.2, 0.25) is 10.0 Å². The molecule has 8 heteroatoms. The van der Waals surface area contributed by atoms with E-state index in [1.54, 1.807) is 6.92 Å². The molecule has 2 aliphatic heterocycles. The Balaban J connectivity index is 1.50. The first-order valence-corrected chi connectivity index (χ1v) is 10.9. The molecule has 4 rings (SSSR count). The molecule has 1 aromatic heterocycles. The van der Waals surface area contributed by atoms with Gasteiger partial charge in [-0.05, 0) is 26.0 Å². The minimum atomic E-state index is -3.27. The Bertz CT molecular complexity index is 918. The second kappa shape index (κ2) is 7.35. The quantitative estimate of drug-likeness (QED) is 0.850. The topological polar surface area (TPSA) is 80.8 Å². The summed E-state index contributed by atoms with van der Waals surface area (Å²) in [6.45, 7) is 5.70. The van der Waals surface area contributed by atoms with Crippen LogP contribution in [0.5, 0.6) is 0 Å². The van der Waals surface area contributed by atoms with Gasteiger partial charge in [0.15, 0.2) is 0 Å². The molecular formula is C19H25N3O4S. The summed E-state index contributed by atoms with van der Waals surface area (Å²) in [7, 11) is -3.27. The summed E-state index contributed by atoms with van der Waals surface area (Å²) in [5.74, 6) is 0.0542. The van der Waals surface area contributed by atoms with Crippen LogP contribution in [0.2, 0.25) is 0 Å². The summed E-state index contributed by atoms with van der Waals surface area (Å²) in [4.78, 5) is 6.89. The van der Waals surface area contributed by atoms with Crippen LogP contribution in [0.1, 0.15) is 12.6 Å². The molecule has 2 fully saturated rings. The van der Waals surface area contributed by atoms with Crippen molar-refractivity contribution in [1.29, 1.82) is 0 Å². The molecular weight excluding hydrogens is 366 g/mol. The Morgan fingerprint density at radius 3 is 2.52 bits per heavy atom. The number of hydrogen-bond acceptors (Lipinski definition) is 6. The summed E-state index contributed by atoms with van der Waals surface area (Å²) in [6.07, 6.45) is -0.151. The average molecular weight is 391 g/mol. The molecule has 0 amide bonds. The molecule has 0 unspecified atom stereocenters. The Hall–Kier alpha value is -1.74. The number of aromatic nitrogens is 1. The number of para-hydroxylation sites is 1. The Morgan fingerprint density at radius 2 is 1.85 bits per heavy atom. The number of aryl methyl sites for hydroxylation is 1.